The second-order valence-electron chi connectivity index (χ2n) is 2.40. The van der Waals surface area contributed by atoms with Crippen LogP contribution in [0.5, 0.6) is 0 Å². The topological polar surface area (TPSA) is 34.9 Å². The Morgan fingerprint density at radius 1 is 1.33 bits per heavy atom. The summed E-state index contributed by atoms with van der Waals surface area (Å²) in [5, 5.41) is 3.94. The van der Waals surface area contributed by atoms with Crippen LogP contribution < -0.4 is 5.56 Å². The van der Waals surface area contributed by atoms with E-state index in [4.69, 9.17) is 0 Å². The van der Waals surface area contributed by atoms with Crippen LogP contribution in [-0.2, 0) is 7.05 Å². The van der Waals surface area contributed by atoms with E-state index in [0.29, 0.717) is 0 Å². The molecule has 0 aromatic carbocycles. The maximum Gasteiger partial charge on any atom is 0.269 e. The van der Waals surface area contributed by atoms with E-state index in [1.165, 1.54) is 4.68 Å². The molecule has 0 fully saturated rings. The fourth-order valence-corrected chi connectivity index (χ4v) is 0.941. The van der Waals surface area contributed by atoms with Crippen LogP contribution in [0.4, 0.5) is 0 Å². The third kappa shape index (κ3) is 2.49. The maximum absolute atomic E-state index is 11.0. The maximum atomic E-state index is 11.0. The first-order valence-corrected chi connectivity index (χ1v) is 4.13. The predicted molar refractivity (Wildman–Crippen MR) is 50.3 cm³/mol. The molecule has 1 rings (SSSR count). The van der Waals surface area contributed by atoms with Crippen LogP contribution in [0.2, 0.25) is 0 Å². The molecule has 0 atom stereocenters. The van der Waals surface area contributed by atoms with Gasteiger partial charge in [0.1, 0.15) is 0 Å². The zero-order valence-corrected chi connectivity index (χ0v) is 8.38. The Morgan fingerprint density at radius 3 is 2.25 bits per heavy atom. The molecule has 0 saturated carbocycles. The number of aryl methyl sites for hydroxylation is 3. The van der Waals surface area contributed by atoms with E-state index in [0.717, 1.165) is 11.3 Å². The highest BCUT2D eigenvalue weighted by atomic mass is 16.1. The molecule has 0 spiro atoms. The average molecular weight is 168 g/mol. The van der Waals surface area contributed by atoms with Crippen LogP contribution in [0.15, 0.2) is 10.9 Å². The number of hydrogen-bond acceptors (Lipinski definition) is 2. The van der Waals surface area contributed by atoms with Gasteiger partial charge in [-0.25, -0.2) is 4.68 Å². The molecule has 0 aliphatic rings. The Hall–Kier alpha value is -1.12. The fourth-order valence-electron chi connectivity index (χ4n) is 0.941. The normalized spacial score (nSPS) is 8.75. The molecule has 1 heterocycles. The molecule has 68 valence electrons. The summed E-state index contributed by atoms with van der Waals surface area (Å²) < 4.78 is 1.35. The van der Waals surface area contributed by atoms with Gasteiger partial charge in [-0.15, -0.1) is 0 Å². The van der Waals surface area contributed by atoms with Gasteiger partial charge in [-0.05, 0) is 19.9 Å². The smallest absolute Gasteiger partial charge is 0.268 e. The van der Waals surface area contributed by atoms with E-state index in [9.17, 15) is 4.79 Å². The minimum atomic E-state index is -0.0226. The zero-order chi connectivity index (χ0) is 9.72. The van der Waals surface area contributed by atoms with Crippen LogP contribution >= 0.6 is 0 Å². The largest absolute Gasteiger partial charge is 0.269 e. The lowest BCUT2D eigenvalue weighted by Gasteiger charge is -1.98. The van der Waals surface area contributed by atoms with E-state index in [1.54, 1.807) is 20.0 Å². The molecule has 0 saturated heterocycles. The van der Waals surface area contributed by atoms with Crippen LogP contribution in [-0.4, -0.2) is 9.78 Å². The summed E-state index contributed by atoms with van der Waals surface area (Å²) in [4.78, 5) is 11.0. The van der Waals surface area contributed by atoms with Crippen molar-refractivity contribution < 1.29 is 0 Å². The first kappa shape index (κ1) is 10.9. The third-order valence-electron chi connectivity index (χ3n) is 1.36. The molecule has 1 aromatic rings. The zero-order valence-electron chi connectivity index (χ0n) is 8.38. The Bertz CT molecular complexity index is 276. The molecule has 0 amide bonds. The van der Waals surface area contributed by atoms with Gasteiger partial charge in [0.05, 0.1) is 5.69 Å². The van der Waals surface area contributed by atoms with Gasteiger partial charge >= 0.3 is 0 Å². The molecular weight excluding hydrogens is 152 g/mol. The Morgan fingerprint density at radius 2 is 1.83 bits per heavy atom. The van der Waals surface area contributed by atoms with Crippen molar-refractivity contribution in [3.63, 3.8) is 0 Å². The lowest BCUT2D eigenvalue weighted by atomic mass is 10.3. The van der Waals surface area contributed by atoms with Gasteiger partial charge in [0.2, 0.25) is 0 Å². The summed E-state index contributed by atoms with van der Waals surface area (Å²) in [6.45, 7) is 7.66. The minimum Gasteiger partial charge on any atom is -0.268 e. The summed E-state index contributed by atoms with van der Waals surface area (Å²) >= 11 is 0. The van der Waals surface area contributed by atoms with E-state index in [1.807, 2.05) is 20.8 Å². The number of aromatic nitrogens is 2. The highest BCUT2D eigenvalue weighted by Gasteiger charge is 1.96. The molecule has 0 aliphatic carbocycles. The fraction of sp³-hybridized carbons (Fsp3) is 0.556. The summed E-state index contributed by atoms with van der Waals surface area (Å²) in [5.41, 5.74) is 1.60. The van der Waals surface area contributed by atoms with Crippen molar-refractivity contribution in [2.24, 2.45) is 7.05 Å². The molecule has 0 unspecified atom stereocenters. The van der Waals surface area contributed by atoms with Crippen molar-refractivity contribution >= 4 is 0 Å². The third-order valence-corrected chi connectivity index (χ3v) is 1.36. The molecule has 12 heavy (non-hydrogen) atoms. The van der Waals surface area contributed by atoms with Gasteiger partial charge in [0.25, 0.3) is 5.56 Å². The van der Waals surface area contributed by atoms with Gasteiger partial charge < -0.3 is 0 Å². The van der Waals surface area contributed by atoms with Crippen LogP contribution in [0, 0.1) is 13.8 Å². The molecule has 1 aromatic heterocycles. The van der Waals surface area contributed by atoms with Crippen LogP contribution in [0.1, 0.15) is 25.1 Å². The summed E-state index contributed by atoms with van der Waals surface area (Å²) in [7, 11) is 1.66. The van der Waals surface area contributed by atoms with Crippen molar-refractivity contribution in [1.82, 2.24) is 9.78 Å². The van der Waals surface area contributed by atoms with Crippen LogP contribution in [0.3, 0.4) is 0 Å². The predicted octanol–water partition coefficient (Wildman–Crippen LogP) is 1.42. The van der Waals surface area contributed by atoms with Crippen molar-refractivity contribution in [2.45, 2.75) is 27.7 Å². The molecule has 3 heteroatoms. The molecule has 0 radical (unpaired) electrons. The molecule has 0 N–H and O–H groups in total. The first-order valence-electron chi connectivity index (χ1n) is 4.13. The molecule has 3 nitrogen and oxygen atoms in total. The molecule has 0 bridgehead atoms. The second-order valence-corrected chi connectivity index (χ2v) is 2.40. The van der Waals surface area contributed by atoms with Gasteiger partial charge in [-0.2, -0.15) is 5.10 Å². The number of rotatable bonds is 0. The van der Waals surface area contributed by atoms with Gasteiger partial charge in [-0.3, -0.25) is 4.79 Å². The van der Waals surface area contributed by atoms with E-state index in [-0.39, 0.29) is 5.56 Å². The highest BCUT2D eigenvalue weighted by molar-refractivity contribution is 5.09. The van der Waals surface area contributed by atoms with Gasteiger partial charge in [0, 0.05) is 12.6 Å². The van der Waals surface area contributed by atoms with Crippen molar-refractivity contribution in [3.8, 4) is 0 Å². The van der Waals surface area contributed by atoms with E-state index >= 15 is 0 Å². The lowest BCUT2D eigenvalue weighted by molar-refractivity contribution is 0.685. The first-order chi connectivity index (χ1) is 5.61. The lowest BCUT2D eigenvalue weighted by Crippen LogP contribution is -2.22. The van der Waals surface area contributed by atoms with Gasteiger partial charge in [-0.1, -0.05) is 13.8 Å². The van der Waals surface area contributed by atoms with E-state index in [2.05, 4.69) is 5.10 Å². The van der Waals surface area contributed by atoms with Crippen molar-refractivity contribution in [2.75, 3.05) is 0 Å². The quantitative estimate of drug-likeness (QED) is 0.587. The highest BCUT2D eigenvalue weighted by Crippen LogP contribution is 1.90. The van der Waals surface area contributed by atoms with Gasteiger partial charge in [0.15, 0.2) is 0 Å². The second kappa shape index (κ2) is 4.70. The average Bonchev–Trinajstić information content (AvgIpc) is 2.04. The standard InChI is InChI=1S/C7H10N2O.C2H6/c1-5-4-6(2)8-9(3)7(5)10;1-2/h4H,1-3H3;1-2H3. The molecular formula is C9H16N2O. The number of nitrogens with zero attached hydrogens (tertiary/aromatic N) is 2. The summed E-state index contributed by atoms with van der Waals surface area (Å²) in [5.74, 6) is 0. The summed E-state index contributed by atoms with van der Waals surface area (Å²) in [6.07, 6.45) is 0. The number of hydrogen-bond donors (Lipinski definition) is 0. The minimum absolute atomic E-state index is 0.0226. The van der Waals surface area contributed by atoms with Crippen LogP contribution in [0.25, 0.3) is 0 Å². The SMILES string of the molecule is CC.Cc1cc(C)c(=O)n(C)n1. The Kier molecular flexibility index (Phi) is 4.26. The monoisotopic (exact) mass is 168 g/mol. The Balaban J connectivity index is 0.000000561. The molecule has 0 aliphatic heterocycles. The van der Waals surface area contributed by atoms with Crippen molar-refractivity contribution in [3.05, 3.63) is 27.7 Å². The van der Waals surface area contributed by atoms with E-state index < -0.39 is 0 Å². The summed E-state index contributed by atoms with van der Waals surface area (Å²) in [6, 6.07) is 1.78. The van der Waals surface area contributed by atoms with Crippen molar-refractivity contribution in [1.29, 1.82) is 0 Å². The Labute approximate surface area is 73.0 Å².